The summed E-state index contributed by atoms with van der Waals surface area (Å²) < 4.78 is 20.0. The second-order valence-corrected chi connectivity index (χ2v) is 8.29. The first-order valence-electron chi connectivity index (χ1n) is 11.0. The van der Waals surface area contributed by atoms with Crippen LogP contribution in [0.1, 0.15) is 89.0 Å². The fraction of sp³-hybridized carbons (Fsp3) is 0.609. The van der Waals surface area contributed by atoms with Crippen molar-refractivity contribution in [2.75, 3.05) is 0 Å². The quantitative estimate of drug-likeness (QED) is 0.218. The van der Waals surface area contributed by atoms with Gasteiger partial charge in [0.25, 0.3) is 0 Å². The van der Waals surface area contributed by atoms with Crippen LogP contribution in [0.3, 0.4) is 0 Å². The molecule has 3 rings (SSSR count). The smallest absolute Gasteiger partial charge is 0.247 e. The minimum absolute atomic E-state index is 0. The average Bonchev–Trinajstić information content (AvgIpc) is 3.39. The third kappa shape index (κ3) is 6.03. The van der Waals surface area contributed by atoms with Gasteiger partial charge >= 0.3 is 0 Å². The summed E-state index contributed by atoms with van der Waals surface area (Å²) in [6.07, 6.45) is 13.5. The van der Waals surface area contributed by atoms with E-state index in [4.69, 9.17) is 15.6 Å². The minimum atomic E-state index is -0.579. The lowest BCUT2D eigenvalue weighted by Gasteiger charge is -2.07. The number of nitrogens with two attached hydrogens (primary N) is 1. The zero-order valence-electron chi connectivity index (χ0n) is 17.9. The van der Waals surface area contributed by atoms with Gasteiger partial charge in [-0.25, -0.2) is 4.39 Å². The standard InChI is InChI=1S/C23H33FN4O.ClH/c1-2-3-4-5-6-7-8-9-10-11-17-16-18(12-13-19(17)24)20-27-28-22(29-20)23(14-15-23)21(25)26;/h12-13,16H,2-11,14-15H2,1H3,(H3,25,26);1H. The Hall–Kier alpha value is -1.95. The Balaban J connectivity index is 0.00000320. The molecule has 0 bridgehead atoms. The molecule has 0 unspecified atom stereocenters. The Bertz CT molecular complexity index is 819. The summed E-state index contributed by atoms with van der Waals surface area (Å²) in [6.45, 7) is 2.24. The van der Waals surface area contributed by atoms with E-state index in [9.17, 15) is 4.39 Å². The van der Waals surface area contributed by atoms with E-state index < -0.39 is 5.41 Å². The Morgan fingerprint density at radius 2 is 1.70 bits per heavy atom. The van der Waals surface area contributed by atoms with Crippen LogP contribution in [0.4, 0.5) is 4.39 Å². The molecule has 3 N–H and O–H groups in total. The summed E-state index contributed by atoms with van der Waals surface area (Å²) in [6, 6.07) is 4.95. The first-order chi connectivity index (χ1) is 14.1. The number of nitrogens with one attached hydrogen (secondary N) is 1. The highest BCUT2D eigenvalue weighted by Crippen LogP contribution is 2.47. The summed E-state index contributed by atoms with van der Waals surface area (Å²) in [5.41, 5.74) is 6.51. The molecule has 0 radical (unpaired) electrons. The molecule has 166 valence electrons. The van der Waals surface area contributed by atoms with Gasteiger partial charge in [0.15, 0.2) is 0 Å². The number of hydrogen-bond donors (Lipinski definition) is 2. The molecule has 1 aliphatic carbocycles. The molecule has 5 nitrogen and oxygen atoms in total. The van der Waals surface area contributed by atoms with Gasteiger partial charge < -0.3 is 10.2 Å². The van der Waals surface area contributed by atoms with Crippen LogP contribution in [-0.2, 0) is 11.8 Å². The van der Waals surface area contributed by atoms with Crippen molar-refractivity contribution in [2.24, 2.45) is 5.73 Å². The average molecular weight is 437 g/mol. The third-order valence-corrected chi connectivity index (χ3v) is 5.94. The molecule has 30 heavy (non-hydrogen) atoms. The molecule has 0 amide bonds. The van der Waals surface area contributed by atoms with Crippen molar-refractivity contribution in [3.63, 3.8) is 0 Å². The number of aromatic nitrogens is 2. The maximum absolute atomic E-state index is 14.2. The maximum Gasteiger partial charge on any atom is 0.247 e. The molecule has 7 heteroatoms. The largest absolute Gasteiger partial charge is 0.420 e. The van der Waals surface area contributed by atoms with E-state index in [1.54, 1.807) is 6.07 Å². The van der Waals surface area contributed by atoms with Gasteiger partial charge in [-0.3, -0.25) is 5.41 Å². The van der Waals surface area contributed by atoms with Gasteiger partial charge in [0.1, 0.15) is 17.1 Å². The highest BCUT2D eigenvalue weighted by Gasteiger charge is 2.52. The maximum atomic E-state index is 14.2. The summed E-state index contributed by atoms with van der Waals surface area (Å²) in [5.74, 6) is 0.638. The molecule has 1 saturated carbocycles. The van der Waals surface area contributed by atoms with Crippen LogP contribution in [0.5, 0.6) is 0 Å². The Morgan fingerprint density at radius 3 is 2.30 bits per heavy atom. The predicted octanol–water partition coefficient (Wildman–Crippen LogP) is 6.34. The lowest BCUT2D eigenvalue weighted by molar-refractivity contribution is 0.485. The van der Waals surface area contributed by atoms with Gasteiger partial charge in [-0.15, -0.1) is 22.6 Å². The number of unbranched alkanes of at least 4 members (excludes halogenated alkanes) is 8. The van der Waals surface area contributed by atoms with Crippen LogP contribution in [-0.4, -0.2) is 16.0 Å². The molecular formula is C23H34ClFN4O. The molecule has 0 aliphatic heterocycles. The first kappa shape index (κ1) is 24.3. The first-order valence-corrected chi connectivity index (χ1v) is 11.0. The fourth-order valence-electron chi connectivity index (χ4n) is 3.78. The molecular weight excluding hydrogens is 403 g/mol. The summed E-state index contributed by atoms with van der Waals surface area (Å²) >= 11 is 0. The number of aryl methyl sites for hydroxylation is 1. The number of hydrogen-bond acceptors (Lipinski definition) is 4. The molecule has 0 spiro atoms. The van der Waals surface area contributed by atoms with E-state index in [2.05, 4.69) is 17.1 Å². The molecule has 1 heterocycles. The summed E-state index contributed by atoms with van der Waals surface area (Å²) in [5, 5.41) is 15.9. The van der Waals surface area contributed by atoms with Gasteiger partial charge in [0, 0.05) is 5.56 Å². The summed E-state index contributed by atoms with van der Waals surface area (Å²) in [4.78, 5) is 0. The molecule has 0 atom stereocenters. The molecule has 1 aromatic carbocycles. The molecule has 2 aromatic rings. The van der Waals surface area contributed by atoms with Crippen molar-refractivity contribution in [1.82, 2.24) is 10.2 Å². The normalized spacial score (nSPS) is 14.3. The molecule has 1 aromatic heterocycles. The van der Waals surface area contributed by atoms with Crippen molar-refractivity contribution in [2.45, 2.75) is 89.4 Å². The van der Waals surface area contributed by atoms with E-state index in [1.807, 2.05) is 6.07 Å². The van der Waals surface area contributed by atoms with E-state index in [0.29, 0.717) is 23.8 Å². The van der Waals surface area contributed by atoms with Crippen LogP contribution < -0.4 is 5.73 Å². The van der Waals surface area contributed by atoms with E-state index in [0.717, 1.165) is 31.2 Å². The van der Waals surface area contributed by atoms with E-state index in [1.165, 1.54) is 51.0 Å². The fourth-order valence-corrected chi connectivity index (χ4v) is 3.78. The van der Waals surface area contributed by atoms with Crippen molar-refractivity contribution in [1.29, 1.82) is 5.41 Å². The molecule has 1 aliphatic rings. The molecule has 1 fully saturated rings. The number of rotatable bonds is 13. The highest BCUT2D eigenvalue weighted by molar-refractivity contribution is 5.91. The summed E-state index contributed by atoms with van der Waals surface area (Å²) in [7, 11) is 0. The Labute approximate surface area is 185 Å². The van der Waals surface area contributed by atoms with Crippen molar-refractivity contribution < 1.29 is 8.81 Å². The monoisotopic (exact) mass is 436 g/mol. The van der Waals surface area contributed by atoms with Crippen LogP contribution in [0.25, 0.3) is 11.5 Å². The van der Waals surface area contributed by atoms with Crippen molar-refractivity contribution in [3.8, 4) is 11.5 Å². The van der Waals surface area contributed by atoms with Crippen molar-refractivity contribution >= 4 is 18.2 Å². The van der Waals surface area contributed by atoms with E-state index in [-0.39, 0.29) is 24.1 Å². The van der Waals surface area contributed by atoms with Crippen LogP contribution >= 0.6 is 12.4 Å². The third-order valence-electron chi connectivity index (χ3n) is 5.94. The lowest BCUT2D eigenvalue weighted by Crippen LogP contribution is -2.27. The van der Waals surface area contributed by atoms with E-state index >= 15 is 0 Å². The van der Waals surface area contributed by atoms with Crippen LogP contribution in [0, 0.1) is 11.2 Å². The van der Waals surface area contributed by atoms with Crippen molar-refractivity contribution in [3.05, 3.63) is 35.5 Å². The van der Waals surface area contributed by atoms with Gasteiger partial charge in [-0.1, -0.05) is 58.3 Å². The van der Waals surface area contributed by atoms with Gasteiger partial charge in [0.2, 0.25) is 11.8 Å². The second kappa shape index (κ2) is 11.4. The minimum Gasteiger partial charge on any atom is -0.420 e. The number of halogens is 2. The van der Waals surface area contributed by atoms with Crippen LogP contribution in [0.15, 0.2) is 22.6 Å². The Morgan fingerprint density at radius 1 is 1.07 bits per heavy atom. The van der Waals surface area contributed by atoms with Crippen LogP contribution in [0.2, 0.25) is 0 Å². The zero-order chi connectivity index (χ0) is 20.7. The molecule has 0 saturated heterocycles. The number of benzene rings is 1. The topological polar surface area (TPSA) is 88.8 Å². The lowest BCUT2D eigenvalue weighted by atomic mass is 10.0. The van der Waals surface area contributed by atoms with Gasteiger partial charge in [0.05, 0.1) is 0 Å². The Kier molecular flexibility index (Phi) is 9.28. The number of amidine groups is 1. The number of nitrogens with zero attached hydrogens (tertiary/aromatic N) is 2. The van der Waals surface area contributed by atoms with Gasteiger partial charge in [-0.2, -0.15) is 0 Å². The zero-order valence-corrected chi connectivity index (χ0v) is 18.7. The SMILES string of the molecule is CCCCCCCCCCCc1cc(-c2nnc(C3(C(=N)N)CC3)o2)ccc1F.Cl. The second-order valence-electron chi connectivity index (χ2n) is 8.29. The van der Waals surface area contributed by atoms with Gasteiger partial charge in [-0.05, 0) is 49.4 Å². The predicted molar refractivity (Wildman–Crippen MR) is 121 cm³/mol. The highest BCUT2D eigenvalue weighted by atomic mass is 35.5.